The standard InChI is InChI=1S/C19H28O5/c1-5-14(6-2)23-16-11-13(9-10-18(20)21)12-17(19(16)22)24-15(7-3)8-4/h9-12,14-15,22H,5-8H2,1-4H3,(H,20,21). The minimum atomic E-state index is -1.03. The van der Waals surface area contributed by atoms with E-state index in [1.54, 1.807) is 12.1 Å². The molecule has 0 saturated heterocycles. The number of aromatic hydroxyl groups is 1. The highest BCUT2D eigenvalue weighted by molar-refractivity contribution is 5.85. The van der Waals surface area contributed by atoms with Gasteiger partial charge in [0.2, 0.25) is 5.75 Å². The van der Waals surface area contributed by atoms with Crippen LogP contribution < -0.4 is 9.47 Å². The molecule has 5 heteroatoms. The number of hydrogen-bond donors (Lipinski definition) is 2. The van der Waals surface area contributed by atoms with Crippen molar-refractivity contribution in [1.82, 2.24) is 0 Å². The van der Waals surface area contributed by atoms with Crippen molar-refractivity contribution >= 4 is 12.0 Å². The van der Waals surface area contributed by atoms with Gasteiger partial charge >= 0.3 is 5.97 Å². The van der Waals surface area contributed by atoms with E-state index in [0.717, 1.165) is 31.8 Å². The van der Waals surface area contributed by atoms with Crippen molar-refractivity contribution < 1.29 is 24.5 Å². The molecule has 0 heterocycles. The molecule has 24 heavy (non-hydrogen) atoms. The van der Waals surface area contributed by atoms with E-state index in [0.29, 0.717) is 17.1 Å². The van der Waals surface area contributed by atoms with Crippen molar-refractivity contribution in [3.05, 3.63) is 23.8 Å². The summed E-state index contributed by atoms with van der Waals surface area (Å²) >= 11 is 0. The van der Waals surface area contributed by atoms with E-state index >= 15 is 0 Å². The lowest BCUT2D eigenvalue weighted by Crippen LogP contribution is -2.16. The zero-order chi connectivity index (χ0) is 18.1. The van der Waals surface area contributed by atoms with Crippen LogP contribution in [-0.2, 0) is 4.79 Å². The van der Waals surface area contributed by atoms with Gasteiger partial charge in [0.25, 0.3) is 0 Å². The molecule has 1 rings (SSSR count). The van der Waals surface area contributed by atoms with Gasteiger partial charge in [-0.3, -0.25) is 0 Å². The van der Waals surface area contributed by atoms with E-state index in [-0.39, 0.29) is 18.0 Å². The quantitative estimate of drug-likeness (QED) is 0.609. The normalized spacial score (nSPS) is 11.4. The van der Waals surface area contributed by atoms with Crippen molar-refractivity contribution in [3.63, 3.8) is 0 Å². The number of rotatable bonds is 10. The van der Waals surface area contributed by atoms with Gasteiger partial charge in [0.1, 0.15) is 0 Å². The second-order valence-corrected chi connectivity index (χ2v) is 5.65. The Morgan fingerprint density at radius 3 is 1.75 bits per heavy atom. The van der Waals surface area contributed by atoms with Crippen LogP contribution in [0.4, 0.5) is 0 Å². The number of carboxylic acids is 1. The number of phenolic OH excluding ortho intramolecular Hbond substituents is 1. The maximum Gasteiger partial charge on any atom is 0.328 e. The second kappa shape index (κ2) is 9.85. The van der Waals surface area contributed by atoms with Gasteiger partial charge in [0, 0.05) is 6.08 Å². The van der Waals surface area contributed by atoms with E-state index in [1.165, 1.54) is 6.08 Å². The Morgan fingerprint density at radius 1 is 1.00 bits per heavy atom. The zero-order valence-corrected chi connectivity index (χ0v) is 14.9. The molecule has 1 aromatic rings. The van der Waals surface area contributed by atoms with E-state index in [2.05, 4.69) is 0 Å². The summed E-state index contributed by atoms with van der Waals surface area (Å²) in [5, 5.41) is 19.3. The van der Waals surface area contributed by atoms with Crippen molar-refractivity contribution in [2.24, 2.45) is 0 Å². The smallest absolute Gasteiger partial charge is 0.328 e. The number of phenols is 1. The third kappa shape index (κ3) is 5.80. The Morgan fingerprint density at radius 2 is 1.42 bits per heavy atom. The highest BCUT2D eigenvalue weighted by Crippen LogP contribution is 2.39. The molecular formula is C19H28O5. The van der Waals surface area contributed by atoms with Crippen molar-refractivity contribution in [2.45, 2.75) is 65.6 Å². The minimum Gasteiger partial charge on any atom is -0.502 e. The Balaban J connectivity index is 3.24. The fourth-order valence-corrected chi connectivity index (χ4v) is 2.32. The molecule has 0 bridgehead atoms. The molecule has 0 radical (unpaired) electrons. The molecule has 0 aliphatic carbocycles. The number of benzene rings is 1. The molecule has 0 fully saturated rings. The van der Waals surface area contributed by atoms with Gasteiger partial charge in [-0.15, -0.1) is 0 Å². The Labute approximate surface area is 143 Å². The van der Waals surface area contributed by atoms with Crippen LogP contribution in [0.5, 0.6) is 17.2 Å². The highest BCUT2D eigenvalue weighted by atomic mass is 16.5. The fourth-order valence-electron chi connectivity index (χ4n) is 2.32. The third-order valence-corrected chi connectivity index (χ3v) is 3.89. The predicted octanol–water partition coefficient (Wildman–Crippen LogP) is 4.62. The molecule has 0 aliphatic rings. The van der Waals surface area contributed by atoms with Crippen LogP contribution in [0.25, 0.3) is 6.08 Å². The van der Waals surface area contributed by atoms with Crippen molar-refractivity contribution in [2.75, 3.05) is 0 Å². The number of carboxylic acid groups (broad SMARTS) is 1. The van der Waals surface area contributed by atoms with Crippen LogP contribution in [-0.4, -0.2) is 28.4 Å². The van der Waals surface area contributed by atoms with E-state index < -0.39 is 5.97 Å². The lowest BCUT2D eigenvalue weighted by molar-refractivity contribution is -0.131. The van der Waals surface area contributed by atoms with Crippen LogP contribution in [0.3, 0.4) is 0 Å². The number of hydrogen-bond acceptors (Lipinski definition) is 4. The molecule has 134 valence electrons. The number of carbonyl (C=O) groups is 1. The van der Waals surface area contributed by atoms with Crippen LogP contribution in [0.1, 0.15) is 58.9 Å². The molecular weight excluding hydrogens is 308 g/mol. The largest absolute Gasteiger partial charge is 0.502 e. The molecule has 0 atom stereocenters. The summed E-state index contributed by atoms with van der Waals surface area (Å²) in [7, 11) is 0. The van der Waals surface area contributed by atoms with Gasteiger partial charge in [-0.2, -0.15) is 0 Å². The summed E-state index contributed by atoms with van der Waals surface area (Å²) < 4.78 is 11.7. The number of aliphatic carboxylic acids is 1. The van der Waals surface area contributed by atoms with Gasteiger partial charge < -0.3 is 19.7 Å². The Kier molecular flexibility index (Phi) is 8.16. The van der Waals surface area contributed by atoms with E-state index in [4.69, 9.17) is 14.6 Å². The summed E-state index contributed by atoms with van der Waals surface area (Å²) in [6, 6.07) is 3.26. The van der Waals surface area contributed by atoms with Crippen LogP contribution in [0.2, 0.25) is 0 Å². The van der Waals surface area contributed by atoms with E-state index in [9.17, 15) is 9.90 Å². The van der Waals surface area contributed by atoms with E-state index in [1.807, 2.05) is 27.7 Å². The van der Waals surface area contributed by atoms with Crippen LogP contribution in [0.15, 0.2) is 18.2 Å². The summed E-state index contributed by atoms with van der Waals surface area (Å²) in [4.78, 5) is 10.8. The molecule has 0 spiro atoms. The first-order valence-electron chi connectivity index (χ1n) is 8.56. The first-order valence-corrected chi connectivity index (χ1v) is 8.56. The summed E-state index contributed by atoms with van der Waals surface area (Å²) in [5.41, 5.74) is 0.608. The first kappa shape index (κ1) is 19.9. The summed E-state index contributed by atoms with van der Waals surface area (Å²) in [5.74, 6) is -0.441. The molecule has 1 aromatic carbocycles. The van der Waals surface area contributed by atoms with Gasteiger partial charge in [-0.25, -0.2) is 4.79 Å². The maximum absolute atomic E-state index is 10.8. The Bertz CT molecular complexity index is 522. The first-order chi connectivity index (χ1) is 11.4. The zero-order valence-electron chi connectivity index (χ0n) is 14.9. The lowest BCUT2D eigenvalue weighted by atomic mass is 10.1. The molecule has 0 aliphatic heterocycles. The van der Waals surface area contributed by atoms with Gasteiger partial charge in [-0.05, 0) is 49.5 Å². The van der Waals surface area contributed by atoms with Crippen molar-refractivity contribution in [3.8, 4) is 17.2 Å². The minimum absolute atomic E-state index is 0.0180. The molecule has 2 N–H and O–H groups in total. The highest BCUT2D eigenvalue weighted by Gasteiger charge is 2.17. The Hall–Kier alpha value is -2.17. The summed E-state index contributed by atoms with van der Waals surface area (Å²) in [6.45, 7) is 8.06. The van der Waals surface area contributed by atoms with Crippen molar-refractivity contribution in [1.29, 1.82) is 0 Å². The SMILES string of the molecule is CCC(CC)Oc1cc(C=CC(=O)O)cc(OC(CC)CC)c1O. The van der Waals surface area contributed by atoms with Gasteiger partial charge in [-0.1, -0.05) is 27.7 Å². The van der Waals surface area contributed by atoms with Gasteiger partial charge in [0.05, 0.1) is 12.2 Å². The molecule has 0 saturated carbocycles. The molecule has 5 nitrogen and oxygen atoms in total. The summed E-state index contributed by atoms with van der Waals surface area (Å²) in [6.07, 6.45) is 5.73. The topological polar surface area (TPSA) is 76.0 Å². The maximum atomic E-state index is 10.8. The average molecular weight is 336 g/mol. The molecule has 0 amide bonds. The lowest BCUT2D eigenvalue weighted by Gasteiger charge is -2.21. The third-order valence-electron chi connectivity index (χ3n) is 3.89. The number of ether oxygens (including phenoxy) is 2. The monoisotopic (exact) mass is 336 g/mol. The second-order valence-electron chi connectivity index (χ2n) is 5.65. The van der Waals surface area contributed by atoms with Crippen LogP contribution in [0, 0.1) is 0 Å². The fraction of sp³-hybridized carbons (Fsp3) is 0.526. The molecule has 0 aromatic heterocycles. The predicted molar refractivity (Wildman–Crippen MR) is 94.8 cm³/mol. The van der Waals surface area contributed by atoms with Crippen LogP contribution >= 0.6 is 0 Å². The average Bonchev–Trinajstić information content (AvgIpc) is 2.58. The van der Waals surface area contributed by atoms with Gasteiger partial charge in [0.15, 0.2) is 11.5 Å². The molecule has 0 unspecified atom stereocenters.